The van der Waals surface area contributed by atoms with Crippen LogP contribution in [-0.2, 0) is 24.3 Å². The molecule has 1 saturated heterocycles. The zero-order valence-electron chi connectivity index (χ0n) is 17.4. The number of amides is 1. The van der Waals surface area contributed by atoms with Crippen molar-refractivity contribution in [1.29, 1.82) is 0 Å². The monoisotopic (exact) mass is 462 g/mol. The minimum absolute atomic E-state index is 0.0711. The number of carbonyl (C=O) groups is 2. The van der Waals surface area contributed by atoms with Crippen LogP contribution in [0.2, 0.25) is 5.02 Å². The van der Waals surface area contributed by atoms with Crippen molar-refractivity contribution >= 4 is 33.5 Å². The fourth-order valence-electron chi connectivity index (χ4n) is 3.45. The van der Waals surface area contributed by atoms with Crippen LogP contribution in [0, 0.1) is 17.7 Å². The van der Waals surface area contributed by atoms with E-state index < -0.39 is 15.8 Å². The van der Waals surface area contributed by atoms with Crippen LogP contribution in [0.1, 0.15) is 33.1 Å². The lowest BCUT2D eigenvalue weighted by atomic mass is 9.96. The standard InChI is InChI=1S/C20H28ClFN2O5S/c1-14(2)13-23(9-8-19(25)29-3)20(26)15-6-10-24(11-7-15)30(27,28)16-4-5-18(22)17(21)12-16/h4-5,12,14-15H,6-11,13H2,1-3H3. The number of benzene rings is 1. The number of ether oxygens (including phenoxy) is 1. The maximum Gasteiger partial charge on any atom is 0.307 e. The summed E-state index contributed by atoms with van der Waals surface area (Å²) in [4.78, 5) is 26.0. The van der Waals surface area contributed by atoms with Crippen LogP contribution in [0.4, 0.5) is 4.39 Å². The number of sulfonamides is 1. The lowest BCUT2D eigenvalue weighted by Gasteiger charge is -2.34. The van der Waals surface area contributed by atoms with Gasteiger partial charge >= 0.3 is 5.97 Å². The highest BCUT2D eigenvalue weighted by Crippen LogP contribution is 2.27. The summed E-state index contributed by atoms with van der Waals surface area (Å²) in [6, 6.07) is 3.31. The van der Waals surface area contributed by atoms with E-state index in [1.165, 1.54) is 17.5 Å². The molecule has 1 aliphatic rings. The summed E-state index contributed by atoms with van der Waals surface area (Å²) in [7, 11) is -2.51. The van der Waals surface area contributed by atoms with Gasteiger partial charge in [-0.05, 0) is 37.0 Å². The molecule has 1 aromatic carbocycles. The molecule has 0 N–H and O–H groups in total. The minimum atomic E-state index is -3.82. The number of piperidine rings is 1. The normalized spacial score (nSPS) is 15.9. The Morgan fingerprint density at radius 1 is 1.30 bits per heavy atom. The second-order valence-corrected chi connectivity index (χ2v) is 10.1. The number of esters is 1. The highest BCUT2D eigenvalue weighted by molar-refractivity contribution is 7.89. The Morgan fingerprint density at radius 3 is 2.47 bits per heavy atom. The summed E-state index contributed by atoms with van der Waals surface area (Å²) in [5.41, 5.74) is 0. The SMILES string of the molecule is COC(=O)CCN(CC(C)C)C(=O)C1CCN(S(=O)(=O)c2ccc(F)c(Cl)c2)CC1. The van der Waals surface area contributed by atoms with Crippen molar-refractivity contribution in [3.8, 4) is 0 Å². The predicted octanol–water partition coefficient (Wildman–Crippen LogP) is 2.93. The van der Waals surface area contributed by atoms with Gasteiger partial charge in [-0.3, -0.25) is 9.59 Å². The van der Waals surface area contributed by atoms with E-state index in [1.807, 2.05) is 13.8 Å². The van der Waals surface area contributed by atoms with E-state index in [0.29, 0.717) is 19.4 Å². The molecule has 0 aromatic heterocycles. The average Bonchev–Trinajstić information content (AvgIpc) is 2.72. The van der Waals surface area contributed by atoms with E-state index >= 15 is 0 Å². The molecular formula is C20H28ClFN2O5S. The van der Waals surface area contributed by atoms with Gasteiger partial charge in [0, 0.05) is 32.1 Å². The third-order valence-corrected chi connectivity index (χ3v) is 7.23. The number of halogens is 2. The summed E-state index contributed by atoms with van der Waals surface area (Å²) >= 11 is 5.72. The van der Waals surface area contributed by atoms with Crippen molar-refractivity contribution < 1.29 is 27.1 Å². The largest absolute Gasteiger partial charge is 0.469 e. The third kappa shape index (κ3) is 6.15. The van der Waals surface area contributed by atoms with Gasteiger partial charge in [0.05, 0.1) is 23.4 Å². The Hall–Kier alpha value is -1.71. The second-order valence-electron chi connectivity index (χ2n) is 7.76. The molecular weight excluding hydrogens is 435 g/mol. The van der Waals surface area contributed by atoms with Gasteiger partial charge < -0.3 is 9.64 Å². The van der Waals surface area contributed by atoms with Crippen molar-refractivity contribution in [3.05, 3.63) is 29.0 Å². The number of carbonyl (C=O) groups excluding carboxylic acids is 2. The van der Waals surface area contributed by atoms with Gasteiger partial charge in [0.2, 0.25) is 15.9 Å². The molecule has 1 heterocycles. The molecule has 0 atom stereocenters. The average molecular weight is 463 g/mol. The molecule has 168 valence electrons. The van der Waals surface area contributed by atoms with E-state index in [9.17, 15) is 22.4 Å². The first-order chi connectivity index (χ1) is 14.1. The van der Waals surface area contributed by atoms with Crippen molar-refractivity contribution in [3.63, 3.8) is 0 Å². The molecule has 0 aliphatic carbocycles. The molecule has 10 heteroatoms. The van der Waals surface area contributed by atoms with Gasteiger partial charge in [-0.1, -0.05) is 25.4 Å². The van der Waals surface area contributed by atoms with Gasteiger partial charge in [0.25, 0.3) is 0 Å². The van der Waals surface area contributed by atoms with Crippen LogP contribution in [0.3, 0.4) is 0 Å². The van der Waals surface area contributed by atoms with Gasteiger partial charge in [-0.2, -0.15) is 4.31 Å². The number of hydrogen-bond donors (Lipinski definition) is 0. The molecule has 0 saturated carbocycles. The zero-order valence-corrected chi connectivity index (χ0v) is 19.0. The van der Waals surface area contributed by atoms with E-state index in [-0.39, 0.29) is 59.7 Å². The first-order valence-electron chi connectivity index (χ1n) is 9.87. The highest BCUT2D eigenvalue weighted by Gasteiger charge is 2.34. The summed E-state index contributed by atoms with van der Waals surface area (Å²) in [6.45, 7) is 5.13. The molecule has 7 nitrogen and oxygen atoms in total. The lowest BCUT2D eigenvalue weighted by molar-refractivity contribution is -0.143. The second kappa shape index (κ2) is 10.5. The lowest BCUT2D eigenvalue weighted by Crippen LogP contribution is -2.45. The van der Waals surface area contributed by atoms with Crippen LogP contribution >= 0.6 is 11.6 Å². The Morgan fingerprint density at radius 2 is 1.93 bits per heavy atom. The van der Waals surface area contributed by atoms with Crippen molar-refractivity contribution in [2.24, 2.45) is 11.8 Å². The van der Waals surface area contributed by atoms with Gasteiger partial charge in [0.15, 0.2) is 0 Å². The third-order valence-electron chi connectivity index (χ3n) is 5.04. The van der Waals surface area contributed by atoms with E-state index in [1.54, 1.807) is 4.90 Å². The zero-order chi connectivity index (χ0) is 22.5. The maximum atomic E-state index is 13.4. The predicted molar refractivity (Wildman–Crippen MR) is 111 cm³/mol. The molecule has 1 aliphatic heterocycles. The summed E-state index contributed by atoms with van der Waals surface area (Å²) in [5, 5.41) is -0.254. The highest BCUT2D eigenvalue weighted by atomic mass is 35.5. The summed E-state index contributed by atoms with van der Waals surface area (Å²) in [6.07, 6.45) is 0.868. The summed E-state index contributed by atoms with van der Waals surface area (Å²) < 4.78 is 44.9. The van der Waals surface area contributed by atoms with Crippen LogP contribution < -0.4 is 0 Å². The summed E-state index contributed by atoms with van der Waals surface area (Å²) in [5.74, 6) is -1.22. The number of hydrogen-bond acceptors (Lipinski definition) is 5. The van der Waals surface area contributed by atoms with Crippen LogP contribution in [0.25, 0.3) is 0 Å². The van der Waals surface area contributed by atoms with Crippen LogP contribution in [0.15, 0.2) is 23.1 Å². The molecule has 1 aromatic rings. The first-order valence-corrected chi connectivity index (χ1v) is 11.7. The molecule has 2 rings (SSSR count). The quantitative estimate of drug-likeness (QED) is 0.554. The van der Waals surface area contributed by atoms with Gasteiger partial charge in [-0.15, -0.1) is 0 Å². The van der Waals surface area contributed by atoms with E-state index in [4.69, 9.17) is 11.6 Å². The molecule has 0 radical (unpaired) electrons. The molecule has 1 fully saturated rings. The Labute approximate surface area is 182 Å². The Balaban J connectivity index is 2.04. The number of methoxy groups -OCH3 is 1. The Kier molecular flexibility index (Phi) is 8.63. The van der Waals surface area contributed by atoms with E-state index in [2.05, 4.69) is 4.74 Å². The van der Waals surface area contributed by atoms with Crippen molar-refractivity contribution in [2.75, 3.05) is 33.3 Å². The topological polar surface area (TPSA) is 84.0 Å². The van der Waals surface area contributed by atoms with Crippen LogP contribution in [0.5, 0.6) is 0 Å². The maximum absolute atomic E-state index is 13.4. The smallest absolute Gasteiger partial charge is 0.307 e. The van der Waals surface area contributed by atoms with E-state index in [0.717, 1.165) is 12.1 Å². The molecule has 0 bridgehead atoms. The van der Waals surface area contributed by atoms with Crippen molar-refractivity contribution in [2.45, 2.75) is 38.0 Å². The fourth-order valence-corrected chi connectivity index (χ4v) is 5.19. The van der Waals surface area contributed by atoms with Crippen LogP contribution in [-0.4, -0.2) is 62.8 Å². The number of rotatable bonds is 8. The first kappa shape index (κ1) is 24.6. The molecule has 0 spiro atoms. The molecule has 30 heavy (non-hydrogen) atoms. The molecule has 0 unspecified atom stereocenters. The Bertz CT molecular complexity index is 870. The van der Waals surface area contributed by atoms with Gasteiger partial charge in [-0.25, -0.2) is 12.8 Å². The number of nitrogens with zero attached hydrogens (tertiary/aromatic N) is 2. The minimum Gasteiger partial charge on any atom is -0.469 e. The van der Waals surface area contributed by atoms with Gasteiger partial charge in [0.1, 0.15) is 5.82 Å². The van der Waals surface area contributed by atoms with Crippen molar-refractivity contribution in [1.82, 2.24) is 9.21 Å². The molecule has 1 amide bonds. The fraction of sp³-hybridized carbons (Fsp3) is 0.600.